The molecule has 2 unspecified atom stereocenters. The first kappa shape index (κ1) is 14.5. The maximum absolute atomic E-state index is 12.6. The molecule has 1 amide bonds. The lowest BCUT2D eigenvalue weighted by molar-refractivity contribution is -0.137. The average molecular weight is 288 g/mol. The van der Waals surface area contributed by atoms with Crippen molar-refractivity contribution in [3.05, 3.63) is 35.9 Å². The molecule has 4 heteroatoms. The molecule has 1 spiro atoms. The summed E-state index contributed by atoms with van der Waals surface area (Å²) < 4.78 is 5.92. The number of nitrogens with one attached hydrogen (secondary N) is 1. The molecule has 2 fully saturated rings. The summed E-state index contributed by atoms with van der Waals surface area (Å²) in [4.78, 5) is 14.4. The van der Waals surface area contributed by atoms with Crippen LogP contribution in [0.5, 0.6) is 0 Å². The molecule has 3 rings (SSSR count). The van der Waals surface area contributed by atoms with Crippen molar-refractivity contribution < 1.29 is 9.53 Å². The number of amides is 1. The fourth-order valence-corrected chi connectivity index (χ4v) is 3.71. The quantitative estimate of drug-likeness (QED) is 0.916. The van der Waals surface area contributed by atoms with Gasteiger partial charge < -0.3 is 15.0 Å². The van der Waals surface area contributed by atoms with Crippen LogP contribution in [-0.2, 0) is 16.1 Å². The van der Waals surface area contributed by atoms with E-state index in [1.54, 1.807) is 0 Å². The van der Waals surface area contributed by atoms with E-state index in [9.17, 15) is 4.79 Å². The van der Waals surface area contributed by atoms with Crippen molar-refractivity contribution in [2.45, 2.75) is 19.4 Å². The van der Waals surface area contributed by atoms with Crippen molar-refractivity contribution in [1.82, 2.24) is 10.2 Å². The molecule has 0 radical (unpaired) electrons. The second-order valence-corrected chi connectivity index (χ2v) is 6.32. The summed E-state index contributed by atoms with van der Waals surface area (Å²) in [6, 6.07) is 10.2. The van der Waals surface area contributed by atoms with Gasteiger partial charge in [-0.3, -0.25) is 4.79 Å². The number of likely N-dealkylation sites (tertiary alicyclic amines) is 1. The van der Waals surface area contributed by atoms with Crippen LogP contribution in [0.1, 0.15) is 18.4 Å². The Bertz CT molecular complexity index is 483. The fourth-order valence-electron chi connectivity index (χ4n) is 3.71. The van der Waals surface area contributed by atoms with Crippen molar-refractivity contribution in [2.24, 2.45) is 11.3 Å². The normalized spacial score (nSPS) is 29.3. The number of rotatable bonds is 4. The first-order valence-corrected chi connectivity index (χ1v) is 7.80. The van der Waals surface area contributed by atoms with Gasteiger partial charge in [0.2, 0.25) is 5.91 Å². The minimum atomic E-state index is -0.232. The van der Waals surface area contributed by atoms with Gasteiger partial charge in [0.05, 0.1) is 18.6 Å². The zero-order valence-corrected chi connectivity index (χ0v) is 12.7. The monoisotopic (exact) mass is 288 g/mol. The standard InChI is InChI=1S/C17H24N2O2/c1-19-10-15(12-21-11-14-6-3-2-4-7-14)17(16(19)20)8-5-9-18-13-17/h2-4,6-7,15,18H,5,8-13H2,1H3. The van der Waals surface area contributed by atoms with Crippen LogP contribution < -0.4 is 5.32 Å². The summed E-state index contributed by atoms with van der Waals surface area (Å²) in [5.74, 6) is 0.592. The van der Waals surface area contributed by atoms with Crippen LogP contribution in [0, 0.1) is 11.3 Å². The molecule has 2 heterocycles. The summed E-state index contributed by atoms with van der Waals surface area (Å²) in [7, 11) is 1.91. The van der Waals surface area contributed by atoms with Crippen molar-refractivity contribution in [1.29, 1.82) is 0 Å². The smallest absolute Gasteiger partial charge is 0.230 e. The van der Waals surface area contributed by atoms with E-state index in [4.69, 9.17) is 4.74 Å². The van der Waals surface area contributed by atoms with Gasteiger partial charge in [0.15, 0.2) is 0 Å². The summed E-state index contributed by atoms with van der Waals surface area (Å²) in [5.41, 5.74) is 0.954. The van der Waals surface area contributed by atoms with Crippen LogP contribution in [0.15, 0.2) is 30.3 Å². The molecule has 2 atom stereocenters. The summed E-state index contributed by atoms with van der Waals surface area (Å²) in [6.07, 6.45) is 2.07. The molecule has 1 aromatic carbocycles. The number of piperidine rings is 1. The number of carbonyl (C=O) groups excluding carboxylic acids is 1. The maximum atomic E-state index is 12.6. The average Bonchev–Trinajstić information content (AvgIpc) is 2.75. The van der Waals surface area contributed by atoms with E-state index in [1.807, 2.05) is 30.1 Å². The van der Waals surface area contributed by atoms with E-state index in [0.29, 0.717) is 25.0 Å². The summed E-state index contributed by atoms with van der Waals surface area (Å²) >= 11 is 0. The Morgan fingerprint density at radius 1 is 1.38 bits per heavy atom. The lowest BCUT2D eigenvalue weighted by Gasteiger charge is -2.36. The van der Waals surface area contributed by atoms with E-state index in [-0.39, 0.29) is 5.41 Å². The Morgan fingerprint density at radius 2 is 2.19 bits per heavy atom. The largest absolute Gasteiger partial charge is 0.376 e. The zero-order chi connectivity index (χ0) is 14.7. The lowest BCUT2D eigenvalue weighted by Crippen LogP contribution is -2.49. The van der Waals surface area contributed by atoms with Gasteiger partial charge in [-0.2, -0.15) is 0 Å². The molecule has 1 aromatic rings. The van der Waals surface area contributed by atoms with Gasteiger partial charge in [-0.1, -0.05) is 30.3 Å². The molecule has 0 bridgehead atoms. The molecule has 2 aliphatic heterocycles. The first-order valence-electron chi connectivity index (χ1n) is 7.80. The van der Waals surface area contributed by atoms with Crippen molar-refractivity contribution in [3.63, 3.8) is 0 Å². The minimum absolute atomic E-state index is 0.232. The van der Waals surface area contributed by atoms with Crippen molar-refractivity contribution in [2.75, 3.05) is 33.3 Å². The Balaban J connectivity index is 1.62. The van der Waals surface area contributed by atoms with Crippen LogP contribution in [0.3, 0.4) is 0 Å². The van der Waals surface area contributed by atoms with Crippen molar-refractivity contribution in [3.8, 4) is 0 Å². The lowest BCUT2D eigenvalue weighted by atomic mass is 9.72. The number of nitrogens with zero attached hydrogens (tertiary/aromatic N) is 1. The topological polar surface area (TPSA) is 41.6 Å². The van der Waals surface area contributed by atoms with Gasteiger partial charge in [-0.25, -0.2) is 0 Å². The van der Waals surface area contributed by atoms with E-state index in [0.717, 1.165) is 32.5 Å². The van der Waals surface area contributed by atoms with Crippen LogP contribution in [0.25, 0.3) is 0 Å². The van der Waals surface area contributed by atoms with Gasteiger partial charge in [0.25, 0.3) is 0 Å². The summed E-state index contributed by atoms with van der Waals surface area (Å²) in [5, 5.41) is 3.40. The first-order chi connectivity index (χ1) is 10.2. The van der Waals surface area contributed by atoms with E-state index < -0.39 is 0 Å². The molecule has 2 saturated heterocycles. The number of benzene rings is 1. The Kier molecular flexibility index (Phi) is 4.27. The number of hydrogen-bond acceptors (Lipinski definition) is 3. The SMILES string of the molecule is CN1CC(COCc2ccccc2)C2(CCCNC2)C1=O. The molecule has 2 aliphatic rings. The molecular weight excluding hydrogens is 264 g/mol. The number of ether oxygens (including phenoxy) is 1. The predicted octanol–water partition coefficient (Wildman–Crippen LogP) is 1.66. The fraction of sp³-hybridized carbons (Fsp3) is 0.588. The highest BCUT2D eigenvalue weighted by Crippen LogP contribution is 2.42. The highest BCUT2D eigenvalue weighted by atomic mass is 16.5. The molecule has 1 N–H and O–H groups in total. The van der Waals surface area contributed by atoms with Crippen LogP contribution >= 0.6 is 0 Å². The van der Waals surface area contributed by atoms with Crippen LogP contribution in [0.2, 0.25) is 0 Å². The van der Waals surface area contributed by atoms with Gasteiger partial charge in [0.1, 0.15) is 0 Å². The molecule has 0 aromatic heterocycles. The molecular formula is C17H24N2O2. The second-order valence-electron chi connectivity index (χ2n) is 6.32. The molecule has 0 saturated carbocycles. The van der Waals surface area contributed by atoms with Gasteiger partial charge >= 0.3 is 0 Å². The predicted molar refractivity (Wildman–Crippen MR) is 81.8 cm³/mol. The Morgan fingerprint density at radius 3 is 2.90 bits per heavy atom. The third-order valence-corrected chi connectivity index (χ3v) is 4.90. The molecule has 4 nitrogen and oxygen atoms in total. The van der Waals surface area contributed by atoms with Gasteiger partial charge in [-0.05, 0) is 24.9 Å². The highest BCUT2D eigenvalue weighted by molar-refractivity contribution is 5.85. The number of carbonyl (C=O) groups is 1. The van der Waals surface area contributed by atoms with E-state index >= 15 is 0 Å². The maximum Gasteiger partial charge on any atom is 0.230 e. The third kappa shape index (κ3) is 2.83. The zero-order valence-electron chi connectivity index (χ0n) is 12.7. The van der Waals surface area contributed by atoms with Gasteiger partial charge in [0, 0.05) is 26.1 Å². The van der Waals surface area contributed by atoms with E-state index in [2.05, 4.69) is 17.4 Å². The van der Waals surface area contributed by atoms with Gasteiger partial charge in [-0.15, -0.1) is 0 Å². The van der Waals surface area contributed by atoms with Crippen LogP contribution in [-0.4, -0.2) is 44.1 Å². The van der Waals surface area contributed by atoms with E-state index in [1.165, 1.54) is 5.56 Å². The third-order valence-electron chi connectivity index (χ3n) is 4.90. The molecule has 0 aliphatic carbocycles. The minimum Gasteiger partial charge on any atom is -0.376 e. The second kappa shape index (κ2) is 6.16. The number of hydrogen-bond donors (Lipinski definition) is 1. The molecule has 21 heavy (non-hydrogen) atoms. The Labute approximate surface area is 126 Å². The Hall–Kier alpha value is -1.39. The summed E-state index contributed by atoms with van der Waals surface area (Å²) in [6.45, 7) is 3.92. The van der Waals surface area contributed by atoms with Crippen molar-refractivity contribution >= 4 is 5.91 Å². The molecule has 114 valence electrons. The van der Waals surface area contributed by atoms with Crippen LogP contribution in [0.4, 0.5) is 0 Å². The highest BCUT2D eigenvalue weighted by Gasteiger charge is 2.52.